The Morgan fingerprint density at radius 1 is 1.21 bits per heavy atom. The van der Waals surface area contributed by atoms with Gasteiger partial charge in [0, 0.05) is 16.7 Å². The standard InChI is InChI=1S/C14H10N2O2S/c15-9-12-6-7-13(8-14(12)16(17)18)19-10-11-4-2-1-3-5-11/h1-8H,10H2. The number of nitriles is 1. The summed E-state index contributed by atoms with van der Waals surface area (Å²) in [6, 6.07) is 16.4. The van der Waals surface area contributed by atoms with Crippen molar-refractivity contribution in [3.63, 3.8) is 0 Å². The van der Waals surface area contributed by atoms with Crippen molar-refractivity contribution < 1.29 is 4.92 Å². The second kappa shape index (κ2) is 6.03. The SMILES string of the molecule is N#Cc1ccc(SCc2ccccc2)cc1[N+](=O)[O-]. The molecule has 94 valence electrons. The average molecular weight is 270 g/mol. The Labute approximate surface area is 114 Å². The van der Waals surface area contributed by atoms with Gasteiger partial charge in [-0.25, -0.2) is 0 Å². The number of nitro benzene ring substituents is 1. The molecule has 5 heteroatoms. The molecule has 0 radical (unpaired) electrons. The van der Waals surface area contributed by atoms with Crippen LogP contribution < -0.4 is 0 Å². The lowest BCUT2D eigenvalue weighted by Gasteiger charge is -2.02. The fourth-order valence-electron chi connectivity index (χ4n) is 1.59. The highest BCUT2D eigenvalue weighted by Gasteiger charge is 2.14. The summed E-state index contributed by atoms with van der Waals surface area (Å²) in [5, 5.41) is 19.7. The van der Waals surface area contributed by atoms with Crippen molar-refractivity contribution >= 4 is 17.4 Å². The topological polar surface area (TPSA) is 66.9 Å². The second-order valence-corrected chi connectivity index (χ2v) is 4.87. The fraction of sp³-hybridized carbons (Fsp3) is 0.0714. The van der Waals surface area contributed by atoms with Crippen LogP contribution in [0.3, 0.4) is 0 Å². The van der Waals surface area contributed by atoms with E-state index < -0.39 is 4.92 Å². The molecule has 0 atom stereocenters. The first-order chi connectivity index (χ1) is 9.20. The van der Waals surface area contributed by atoms with Gasteiger partial charge in [-0.2, -0.15) is 5.26 Å². The van der Waals surface area contributed by atoms with Crippen LogP contribution in [0.1, 0.15) is 11.1 Å². The molecule has 0 aromatic heterocycles. The third kappa shape index (κ3) is 3.33. The minimum atomic E-state index is -0.523. The third-order valence-electron chi connectivity index (χ3n) is 2.53. The molecule has 0 aliphatic carbocycles. The molecule has 4 nitrogen and oxygen atoms in total. The summed E-state index contributed by atoms with van der Waals surface area (Å²) >= 11 is 1.51. The van der Waals surface area contributed by atoms with E-state index in [1.807, 2.05) is 36.4 Å². The molecule has 0 N–H and O–H groups in total. The monoisotopic (exact) mass is 270 g/mol. The Morgan fingerprint density at radius 3 is 2.58 bits per heavy atom. The van der Waals surface area contributed by atoms with Gasteiger partial charge < -0.3 is 0 Å². The van der Waals surface area contributed by atoms with Gasteiger partial charge in [0.1, 0.15) is 11.6 Å². The molecule has 19 heavy (non-hydrogen) atoms. The summed E-state index contributed by atoms with van der Waals surface area (Å²) in [6.45, 7) is 0. The van der Waals surface area contributed by atoms with E-state index in [1.165, 1.54) is 23.9 Å². The van der Waals surface area contributed by atoms with Crippen LogP contribution in [0.4, 0.5) is 5.69 Å². The van der Waals surface area contributed by atoms with E-state index in [0.717, 1.165) is 16.2 Å². The van der Waals surface area contributed by atoms with Crippen LogP contribution in [-0.2, 0) is 5.75 Å². The van der Waals surface area contributed by atoms with Crippen molar-refractivity contribution in [2.45, 2.75) is 10.6 Å². The van der Waals surface area contributed by atoms with Crippen LogP contribution in [0.2, 0.25) is 0 Å². The second-order valence-electron chi connectivity index (χ2n) is 3.82. The van der Waals surface area contributed by atoms with Crippen LogP contribution in [-0.4, -0.2) is 4.92 Å². The molecule has 2 rings (SSSR count). The number of nitrogens with zero attached hydrogens (tertiary/aromatic N) is 2. The van der Waals surface area contributed by atoms with Gasteiger partial charge in [0.25, 0.3) is 5.69 Å². The third-order valence-corrected chi connectivity index (χ3v) is 3.60. The minimum absolute atomic E-state index is 0.0917. The Balaban J connectivity index is 2.16. The molecule has 2 aromatic rings. The lowest BCUT2D eigenvalue weighted by Crippen LogP contribution is -1.92. The predicted molar refractivity (Wildman–Crippen MR) is 73.8 cm³/mol. The molecule has 0 aliphatic heterocycles. The lowest BCUT2D eigenvalue weighted by molar-refractivity contribution is -0.385. The summed E-state index contributed by atoms with van der Waals surface area (Å²) < 4.78 is 0. The van der Waals surface area contributed by atoms with E-state index >= 15 is 0 Å². The van der Waals surface area contributed by atoms with E-state index in [1.54, 1.807) is 6.07 Å². The average Bonchev–Trinajstić information content (AvgIpc) is 2.46. The number of nitro groups is 1. The van der Waals surface area contributed by atoms with Crippen LogP contribution in [0.25, 0.3) is 0 Å². The van der Waals surface area contributed by atoms with Gasteiger partial charge >= 0.3 is 0 Å². The van der Waals surface area contributed by atoms with E-state index in [9.17, 15) is 10.1 Å². The first-order valence-corrected chi connectivity index (χ1v) is 6.54. The highest BCUT2D eigenvalue weighted by molar-refractivity contribution is 7.98. The molecule has 0 amide bonds. The molecule has 0 saturated carbocycles. The van der Waals surface area contributed by atoms with Crippen molar-refractivity contribution in [3.05, 3.63) is 69.8 Å². The molecule has 0 bridgehead atoms. The highest BCUT2D eigenvalue weighted by Crippen LogP contribution is 2.28. The predicted octanol–water partition coefficient (Wildman–Crippen LogP) is 3.76. The van der Waals surface area contributed by atoms with Gasteiger partial charge in [0.05, 0.1) is 4.92 Å². The Hall–Kier alpha value is -2.32. The number of rotatable bonds is 4. The van der Waals surface area contributed by atoms with Gasteiger partial charge in [0.15, 0.2) is 0 Å². The van der Waals surface area contributed by atoms with Gasteiger partial charge in [-0.15, -0.1) is 11.8 Å². The van der Waals surface area contributed by atoms with Crippen molar-refractivity contribution in [1.82, 2.24) is 0 Å². The van der Waals surface area contributed by atoms with Gasteiger partial charge in [-0.1, -0.05) is 30.3 Å². The van der Waals surface area contributed by atoms with Gasteiger partial charge in [0.2, 0.25) is 0 Å². The summed E-state index contributed by atoms with van der Waals surface area (Å²) in [5.74, 6) is 0.740. The quantitative estimate of drug-likeness (QED) is 0.482. The molecular weight excluding hydrogens is 260 g/mol. The normalized spacial score (nSPS) is 9.84. The van der Waals surface area contributed by atoms with E-state index in [-0.39, 0.29) is 11.3 Å². The fourth-order valence-corrected chi connectivity index (χ4v) is 2.47. The van der Waals surface area contributed by atoms with Crippen molar-refractivity contribution in [1.29, 1.82) is 5.26 Å². The first-order valence-electron chi connectivity index (χ1n) is 5.56. The van der Waals surface area contributed by atoms with Gasteiger partial charge in [-0.3, -0.25) is 10.1 Å². The van der Waals surface area contributed by atoms with E-state index in [2.05, 4.69) is 0 Å². The number of hydrogen-bond acceptors (Lipinski definition) is 4. The summed E-state index contributed by atoms with van der Waals surface area (Å²) in [5.41, 5.74) is 1.11. The summed E-state index contributed by atoms with van der Waals surface area (Å²) in [7, 11) is 0. The molecule has 0 spiro atoms. The first kappa shape index (κ1) is 13.1. The molecule has 0 saturated heterocycles. The molecule has 0 unspecified atom stereocenters. The lowest BCUT2D eigenvalue weighted by atomic mass is 10.2. The Morgan fingerprint density at radius 2 is 1.95 bits per heavy atom. The molecule has 0 heterocycles. The van der Waals surface area contributed by atoms with Crippen molar-refractivity contribution in [2.24, 2.45) is 0 Å². The van der Waals surface area contributed by atoms with E-state index in [0.29, 0.717) is 0 Å². The zero-order chi connectivity index (χ0) is 13.7. The van der Waals surface area contributed by atoms with Crippen LogP contribution >= 0.6 is 11.8 Å². The number of thioether (sulfide) groups is 1. The zero-order valence-electron chi connectivity index (χ0n) is 9.95. The molecule has 0 aliphatic rings. The molecular formula is C14H10N2O2S. The largest absolute Gasteiger partial charge is 0.288 e. The van der Waals surface area contributed by atoms with Crippen molar-refractivity contribution in [2.75, 3.05) is 0 Å². The zero-order valence-corrected chi connectivity index (χ0v) is 10.8. The maximum atomic E-state index is 10.9. The Bertz CT molecular complexity index is 636. The maximum absolute atomic E-state index is 10.9. The number of hydrogen-bond donors (Lipinski definition) is 0. The van der Waals surface area contributed by atoms with Gasteiger partial charge in [-0.05, 0) is 17.7 Å². The smallest absolute Gasteiger partial charge is 0.258 e. The maximum Gasteiger partial charge on any atom is 0.288 e. The minimum Gasteiger partial charge on any atom is -0.258 e. The number of benzene rings is 2. The summed E-state index contributed by atoms with van der Waals surface area (Å²) in [6.07, 6.45) is 0. The molecule has 2 aromatic carbocycles. The van der Waals surface area contributed by atoms with Crippen LogP contribution in [0.15, 0.2) is 53.4 Å². The van der Waals surface area contributed by atoms with Crippen LogP contribution in [0, 0.1) is 21.4 Å². The van der Waals surface area contributed by atoms with Crippen molar-refractivity contribution in [3.8, 4) is 6.07 Å². The van der Waals surface area contributed by atoms with E-state index in [4.69, 9.17) is 5.26 Å². The molecule has 0 fully saturated rings. The highest BCUT2D eigenvalue weighted by atomic mass is 32.2. The summed E-state index contributed by atoms with van der Waals surface area (Å²) in [4.78, 5) is 11.1. The Kier molecular flexibility index (Phi) is 4.16. The van der Waals surface area contributed by atoms with Crippen LogP contribution in [0.5, 0.6) is 0 Å².